The zero-order valence-corrected chi connectivity index (χ0v) is 22.9. The summed E-state index contributed by atoms with van der Waals surface area (Å²) in [6.07, 6.45) is 3.70. The van der Waals surface area contributed by atoms with Gasteiger partial charge < -0.3 is 16.2 Å². The van der Waals surface area contributed by atoms with E-state index in [1.54, 1.807) is 6.20 Å². The van der Waals surface area contributed by atoms with Crippen molar-refractivity contribution in [3.05, 3.63) is 119 Å². The summed E-state index contributed by atoms with van der Waals surface area (Å²) in [6.45, 7) is 0. The lowest BCUT2D eigenvalue weighted by atomic mass is 10.1. The van der Waals surface area contributed by atoms with Gasteiger partial charge in [-0.05, 0) is 78.6 Å². The fourth-order valence-corrected chi connectivity index (χ4v) is 5.68. The number of pyridine rings is 2. The third-order valence-corrected chi connectivity index (χ3v) is 7.84. The van der Waals surface area contributed by atoms with Crippen LogP contribution in [0.4, 0.5) is 5.82 Å². The summed E-state index contributed by atoms with van der Waals surface area (Å²) in [4.78, 5) is 38.3. The Morgan fingerprint density at radius 2 is 1.84 bits per heavy atom. The molecule has 210 valence electrons. The van der Waals surface area contributed by atoms with Crippen LogP contribution in [-0.2, 0) is 6.42 Å². The lowest BCUT2D eigenvalue weighted by Crippen LogP contribution is -2.27. The van der Waals surface area contributed by atoms with Crippen LogP contribution >= 0.6 is 0 Å². The number of aryl methyl sites for hydroxylation is 1. The number of fused-ring (bicyclic) bond motifs is 2. The Balaban J connectivity index is 1.29. The third-order valence-electron chi connectivity index (χ3n) is 7.84. The van der Waals surface area contributed by atoms with E-state index in [-0.39, 0.29) is 28.8 Å². The maximum Gasteiger partial charge on any atom is 0.251 e. The highest BCUT2D eigenvalue weighted by molar-refractivity contribution is 5.96. The van der Waals surface area contributed by atoms with Crippen molar-refractivity contribution in [1.29, 1.82) is 0 Å². The highest BCUT2D eigenvalue weighted by atomic mass is 16.3. The fourth-order valence-electron chi connectivity index (χ4n) is 5.68. The number of nitrogens with two attached hydrogens (primary N) is 1. The number of anilines is 1. The number of aromatic hydroxyl groups is 1. The fraction of sp³-hybridized carbons (Fsp3) is 0.0882. The Morgan fingerprint density at radius 1 is 0.977 bits per heavy atom. The van der Waals surface area contributed by atoms with E-state index in [0.717, 1.165) is 46.4 Å². The van der Waals surface area contributed by atoms with Crippen LogP contribution in [0.1, 0.15) is 44.3 Å². The molecular weight excluding hydrogens is 540 g/mol. The van der Waals surface area contributed by atoms with Gasteiger partial charge in [-0.1, -0.05) is 36.4 Å². The number of imidazole rings is 1. The molecule has 1 aliphatic rings. The first kappa shape index (κ1) is 26.1. The normalized spacial score (nSPS) is 14.0. The lowest BCUT2D eigenvalue weighted by molar-refractivity contribution is 0.0935. The number of hydrogen-bond acceptors (Lipinski definition) is 7. The SMILES string of the molecule is Nc1ncccc1-c1nc2ccc(-c3ccccc3)nc2n1-c1ccc2c(c1)CC[C@@H]2NC(=O)c1ccc(C=O)c(O)c1. The molecule has 6 aromatic rings. The highest BCUT2D eigenvalue weighted by Crippen LogP contribution is 2.36. The van der Waals surface area contributed by atoms with Crippen LogP contribution in [0.3, 0.4) is 0 Å². The van der Waals surface area contributed by atoms with Gasteiger partial charge in [-0.2, -0.15) is 0 Å². The molecule has 0 saturated carbocycles. The molecule has 9 nitrogen and oxygen atoms in total. The topological polar surface area (TPSA) is 136 Å². The van der Waals surface area contributed by atoms with E-state index in [1.807, 2.05) is 71.3 Å². The van der Waals surface area contributed by atoms with Gasteiger partial charge in [0.25, 0.3) is 5.91 Å². The zero-order valence-electron chi connectivity index (χ0n) is 22.9. The van der Waals surface area contributed by atoms with Crippen LogP contribution in [-0.4, -0.2) is 36.8 Å². The molecule has 3 aromatic heterocycles. The second-order valence-corrected chi connectivity index (χ2v) is 10.5. The Morgan fingerprint density at radius 3 is 2.63 bits per heavy atom. The van der Waals surface area contributed by atoms with E-state index < -0.39 is 0 Å². The van der Waals surface area contributed by atoms with Crippen molar-refractivity contribution in [3.63, 3.8) is 0 Å². The maximum atomic E-state index is 13.0. The first-order valence-corrected chi connectivity index (χ1v) is 13.9. The molecule has 3 heterocycles. The molecule has 0 unspecified atom stereocenters. The molecule has 0 fully saturated rings. The first-order valence-electron chi connectivity index (χ1n) is 13.9. The van der Waals surface area contributed by atoms with Crippen LogP contribution < -0.4 is 11.1 Å². The number of rotatable bonds is 6. The van der Waals surface area contributed by atoms with Crippen LogP contribution in [0, 0.1) is 0 Å². The van der Waals surface area contributed by atoms with E-state index in [4.69, 9.17) is 15.7 Å². The maximum absolute atomic E-state index is 13.0. The quantitative estimate of drug-likeness (QED) is 0.221. The van der Waals surface area contributed by atoms with E-state index in [2.05, 4.69) is 16.4 Å². The Labute approximate surface area is 246 Å². The summed E-state index contributed by atoms with van der Waals surface area (Å²) >= 11 is 0. The first-order chi connectivity index (χ1) is 21.0. The predicted molar refractivity (Wildman–Crippen MR) is 164 cm³/mol. The molecule has 4 N–H and O–H groups in total. The van der Waals surface area contributed by atoms with Gasteiger partial charge in [-0.25, -0.2) is 15.0 Å². The monoisotopic (exact) mass is 566 g/mol. The molecule has 43 heavy (non-hydrogen) atoms. The number of carbonyl (C=O) groups excluding carboxylic acids is 2. The summed E-state index contributed by atoms with van der Waals surface area (Å²) in [6, 6.07) is 27.9. The highest BCUT2D eigenvalue weighted by Gasteiger charge is 2.26. The molecule has 1 aliphatic carbocycles. The van der Waals surface area contributed by atoms with Crippen LogP contribution in [0.5, 0.6) is 5.75 Å². The average molecular weight is 567 g/mol. The van der Waals surface area contributed by atoms with Crippen LogP contribution in [0.15, 0.2) is 97.2 Å². The Kier molecular flexibility index (Phi) is 6.39. The predicted octanol–water partition coefficient (Wildman–Crippen LogP) is 5.67. The van der Waals surface area contributed by atoms with Gasteiger partial charge in [0.2, 0.25) is 0 Å². The minimum absolute atomic E-state index is 0.139. The molecule has 1 atom stereocenters. The second kappa shape index (κ2) is 10.5. The smallest absolute Gasteiger partial charge is 0.251 e. The number of amides is 1. The average Bonchev–Trinajstić information content (AvgIpc) is 3.62. The van der Waals surface area contributed by atoms with E-state index in [0.29, 0.717) is 29.1 Å². The van der Waals surface area contributed by atoms with Crippen molar-refractivity contribution in [2.24, 2.45) is 0 Å². The molecule has 0 saturated heterocycles. The molecule has 1 amide bonds. The van der Waals surface area contributed by atoms with Crippen molar-refractivity contribution in [1.82, 2.24) is 24.8 Å². The summed E-state index contributed by atoms with van der Waals surface area (Å²) in [5.74, 6) is 0.473. The van der Waals surface area contributed by atoms with Gasteiger partial charge in [-0.15, -0.1) is 0 Å². The summed E-state index contributed by atoms with van der Waals surface area (Å²) in [5, 5.41) is 13.1. The van der Waals surface area contributed by atoms with Crippen LogP contribution in [0.25, 0.3) is 39.5 Å². The Hall–Kier alpha value is -5.83. The van der Waals surface area contributed by atoms with Gasteiger partial charge in [0.05, 0.1) is 22.9 Å². The van der Waals surface area contributed by atoms with E-state index in [9.17, 15) is 14.7 Å². The van der Waals surface area contributed by atoms with Crippen molar-refractivity contribution in [2.75, 3.05) is 5.73 Å². The second-order valence-electron chi connectivity index (χ2n) is 10.5. The summed E-state index contributed by atoms with van der Waals surface area (Å²) in [5.41, 5.74) is 13.7. The number of phenolic OH excluding ortho intramolecular Hbond substituents is 1. The molecule has 0 aliphatic heterocycles. The third kappa shape index (κ3) is 4.66. The zero-order chi connectivity index (χ0) is 29.5. The van der Waals surface area contributed by atoms with Crippen molar-refractivity contribution < 1.29 is 14.7 Å². The van der Waals surface area contributed by atoms with Gasteiger partial charge in [0, 0.05) is 23.0 Å². The minimum Gasteiger partial charge on any atom is -0.507 e. The van der Waals surface area contributed by atoms with Gasteiger partial charge in [-0.3, -0.25) is 14.2 Å². The standard InChI is InChI=1S/C34H26N6O3/c35-31-26(7-4-16-36-31)32-38-29-15-14-27(20-5-2-1-3-6-20)37-33(29)40(32)24-11-12-25-21(17-24)10-13-28(25)39-34(43)22-8-9-23(19-41)30(42)18-22/h1-9,11-12,14-19,28,42H,10,13H2,(H2,35,36)(H,39,43)/t28-/m0/s1. The van der Waals surface area contributed by atoms with Gasteiger partial charge in [0.15, 0.2) is 17.8 Å². The van der Waals surface area contributed by atoms with Crippen molar-refractivity contribution in [3.8, 4) is 34.1 Å². The number of nitrogens with one attached hydrogen (secondary N) is 1. The molecule has 0 radical (unpaired) electrons. The number of phenols is 1. The van der Waals surface area contributed by atoms with Gasteiger partial charge >= 0.3 is 0 Å². The van der Waals surface area contributed by atoms with Gasteiger partial charge in [0.1, 0.15) is 17.1 Å². The van der Waals surface area contributed by atoms with Crippen molar-refractivity contribution in [2.45, 2.75) is 18.9 Å². The number of carbonyl (C=O) groups is 2. The number of aldehydes is 1. The summed E-state index contributed by atoms with van der Waals surface area (Å²) < 4.78 is 2.01. The molecule has 0 spiro atoms. The molecule has 0 bridgehead atoms. The Bertz CT molecular complexity index is 2040. The lowest BCUT2D eigenvalue weighted by Gasteiger charge is -2.16. The number of nitrogens with zero attached hydrogens (tertiary/aromatic N) is 4. The van der Waals surface area contributed by atoms with Crippen LogP contribution in [0.2, 0.25) is 0 Å². The minimum atomic E-state index is -0.317. The summed E-state index contributed by atoms with van der Waals surface area (Å²) in [7, 11) is 0. The molecule has 7 rings (SSSR count). The number of nitrogen functional groups attached to an aromatic ring is 1. The number of benzene rings is 3. The van der Waals surface area contributed by atoms with Crippen molar-refractivity contribution >= 4 is 29.2 Å². The molecule has 9 heteroatoms. The molecular formula is C34H26N6O3. The largest absolute Gasteiger partial charge is 0.507 e. The van der Waals surface area contributed by atoms with E-state index in [1.165, 1.54) is 18.2 Å². The molecule has 3 aromatic carbocycles. The number of aromatic nitrogens is 4. The van der Waals surface area contributed by atoms with E-state index >= 15 is 0 Å². The number of hydrogen-bond donors (Lipinski definition) is 3.